The maximum atomic E-state index is 12.5. The monoisotopic (exact) mass is 312 g/mol. The minimum atomic E-state index is 0.105. The molecule has 122 valence electrons. The number of nitrogens with zero attached hydrogens (tertiary/aromatic N) is 3. The van der Waals surface area contributed by atoms with Crippen LogP contribution in [0.3, 0.4) is 0 Å². The maximum Gasteiger partial charge on any atom is 0.241 e. The van der Waals surface area contributed by atoms with Crippen molar-refractivity contribution < 1.29 is 4.79 Å². The van der Waals surface area contributed by atoms with Crippen LogP contribution < -0.4 is 10.2 Å². The number of benzene rings is 1. The lowest BCUT2D eigenvalue weighted by atomic mass is 10.2. The van der Waals surface area contributed by atoms with Crippen LogP contribution in [0.1, 0.15) is 5.56 Å². The summed E-state index contributed by atoms with van der Waals surface area (Å²) in [5.41, 5.74) is 2.12. The van der Waals surface area contributed by atoms with E-state index in [1.54, 1.807) is 11.1 Å². The van der Waals surface area contributed by atoms with Crippen LogP contribution in [0, 0.1) is 0 Å². The van der Waals surface area contributed by atoms with Gasteiger partial charge in [0, 0.05) is 44.8 Å². The Balaban J connectivity index is 2.09. The first-order valence-electron chi connectivity index (χ1n) is 7.78. The third kappa shape index (κ3) is 5.38. The molecule has 0 unspecified atom stereocenters. The Kier molecular flexibility index (Phi) is 6.56. The number of carbonyl (C=O) groups excluding carboxylic acids is 1. The second-order valence-electron chi connectivity index (χ2n) is 5.47. The number of anilines is 1. The lowest BCUT2D eigenvalue weighted by Crippen LogP contribution is -2.40. The van der Waals surface area contributed by atoms with Crippen LogP contribution in [0.25, 0.3) is 0 Å². The Labute approximate surface area is 137 Å². The van der Waals surface area contributed by atoms with Gasteiger partial charge in [0.25, 0.3) is 0 Å². The normalized spacial score (nSPS) is 10.3. The fourth-order valence-corrected chi connectivity index (χ4v) is 2.28. The average molecular weight is 312 g/mol. The number of rotatable bonds is 8. The largest absolute Gasteiger partial charge is 0.358 e. The summed E-state index contributed by atoms with van der Waals surface area (Å²) >= 11 is 0. The van der Waals surface area contributed by atoms with Gasteiger partial charge in [-0.3, -0.25) is 9.78 Å². The molecule has 0 aliphatic heterocycles. The van der Waals surface area contributed by atoms with Gasteiger partial charge < -0.3 is 15.1 Å². The third-order valence-corrected chi connectivity index (χ3v) is 3.67. The van der Waals surface area contributed by atoms with Crippen LogP contribution in [-0.2, 0) is 11.3 Å². The van der Waals surface area contributed by atoms with Gasteiger partial charge in [0.1, 0.15) is 0 Å². The van der Waals surface area contributed by atoms with Gasteiger partial charge >= 0.3 is 0 Å². The molecule has 0 aliphatic carbocycles. The van der Waals surface area contributed by atoms with E-state index in [2.05, 4.69) is 15.2 Å². The number of hydrogen-bond acceptors (Lipinski definition) is 4. The minimum Gasteiger partial charge on any atom is -0.358 e. The Bertz CT molecular complexity index is 588. The Morgan fingerprint density at radius 1 is 1.17 bits per heavy atom. The Hall–Kier alpha value is -2.40. The van der Waals surface area contributed by atoms with Crippen molar-refractivity contribution in [2.24, 2.45) is 0 Å². The van der Waals surface area contributed by atoms with E-state index in [9.17, 15) is 4.79 Å². The summed E-state index contributed by atoms with van der Waals surface area (Å²) in [6, 6.07) is 13.9. The van der Waals surface area contributed by atoms with E-state index in [0.29, 0.717) is 19.6 Å². The van der Waals surface area contributed by atoms with Crippen molar-refractivity contribution in [2.75, 3.05) is 38.6 Å². The predicted octanol–water partition coefficient (Wildman–Crippen LogP) is 1.77. The highest BCUT2D eigenvalue weighted by Gasteiger charge is 2.15. The van der Waals surface area contributed by atoms with Gasteiger partial charge in [-0.1, -0.05) is 24.3 Å². The van der Waals surface area contributed by atoms with Crippen LogP contribution in [0.15, 0.2) is 54.9 Å². The summed E-state index contributed by atoms with van der Waals surface area (Å²) in [5, 5.41) is 3.06. The zero-order chi connectivity index (χ0) is 16.5. The quantitative estimate of drug-likeness (QED) is 0.807. The predicted molar refractivity (Wildman–Crippen MR) is 93.3 cm³/mol. The number of pyridine rings is 1. The smallest absolute Gasteiger partial charge is 0.241 e. The van der Waals surface area contributed by atoms with Crippen molar-refractivity contribution in [3.63, 3.8) is 0 Å². The highest BCUT2D eigenvalue weighted by molar-refractivity contribution is 5.81. The standard InChI is InChI=1S/C18H24N4O/c1-19-11-12-21(2)18(23)15-22(17-8-4-3-5-9-17)14-16-7-6-10-20-13-16/h3-10,13,19H,11-12,14-15H2,1-2H3. The lowest BCUT2D eigenvalue weighted by Gasteiger charge is -2.27. The second-order valence-corrected chi connectivity index (χ2v) is 5.47. The first-order chi connectivity index (χ1) is 11.2. The van der Waals surface area contributed by atoms with Gasteiger partial charge in [0.15, 0.2) is 0 Å². The van der Waals surface area contributed by atoms with E-state index in [-0.39, 0.29) is 5.91 Å². The average Bonchev–Trinajstić information content (AvgIpc) is 2.60. The molecule has 0 atom stereocenters. The third-order valence-electron chi connectivity index (χ3n) is 3.67. The van der Waals surface area contributed by atoms with E-state index < -0.39 is 0 Å². The van der Waals surface area contributed by atoms with E-state index >= 15 is 0 Å². The Morgan fingerprint density at radius 3 is 2.61 bits per heavy atom. The van der Waals surface area contributed by atoms with E-state index in [1.165, 1.54) is 0 Å². The molecule has 0 aliphatic rings. The minimum absolute atomic E-state index is 0.105. The van der Waals surface area contributed by atoms with E-state index in [0.717, 1.165) is 17.8 Å². The first kappa shape index (κ1) is 17.0. The van der Waals surface area contributed by atoms with Gasteiger partial charge in [0.05, 0.1) is 6.54 Å². The fourth-order valence-electron chi connectivity index (χ4n) is 2.28. The zero-order valence-electron chi connectivity index (χ0n) is 13.8. The van der Waals surface area contributed by atoms with Crippen molar-refractivity contribution in [2.45, 2.75) is 6.54 Å². The molecule has 2 aromatic rings. The van der Waals surface area contributed by atoms with Crippen molar-refractivity contribution in [3.05, 3.63) is 60.4 Å². The number of carbonyl (C=O) groups is 1. The summed E-state index contributed by atoms with van der Waals surface area (Å²) in [6.45, 7) is 2.49. The van der Waals surface area contributed by atoms with Gasteiger partial charge in [-0.15, -0.1) is 0 Å². The SMILES string of the molecule is CNCCN(C)C(=O)CN(Cc1cccnc1)c1ccccc1. The van der Waals surface area contributed by atoms with Gasteiger partial charge in [0.2, 0.25) is 5.91 Å². The summed E-state index contributed by atoms with van der Waals surface area (Å²) in [7, 11) is 3.73. The molecule has 0 bridgehead atoms. The van der Waals surface area contributed by atoms with Crippen molar-refractivity contribution in [3.8, 4) is 0 Å². The molecule has 1 aromatic heterocycles. The molecule has 5 nitrogen and oxygen atoms in total. The van der Waals surface area contributed by atoms with E-state index in [4.69, 9.17) is 0 Å². The van der Waals surface area contributed by atoms with Crippen LogP contribution in [0.4, 0.5) is 5.69 Å². The molecule has 0 saturated carbocycles. The molecule has 1 aromatic carbocycles. The van der Waals surface area contributed by atoms with Crippen LogP contribution in [0.2, 0.25) is 0 Å². The van der Waals surface area contributed by atoms with Crippen molar-refractivity contribution in [1.82, 2.24) is 15.2 Å². The maximum absolute atomic E-state index is 12.5. The van der Waals surface area contributed by atoms with Crippen LogP contribution in [0.5, 0.6) is 0 Å². The number of hydrogen-bond donors (Lipinski definition) is 1. The van der Waals surface area contributed by atoms with Gasteiger partial charge in [-0.05, 0) is 30.8 Å². The van der Waals surface area contributed by atoms with Gasteiger partial charge in [-0.25, -0.2) is 0 Å². The molecule has 0 spiro atoms. The van der Waals surface area contributed by atoms with Crippen LogP contribution in [-0.4, -0.2) is 49.5 Å². The van der Waals surface area contributed by atoms with E-state index in [1.807, 2.05) is 62.8 Å². The zero-order valence-corrected chi connectivity index (χ0v) is 13.8. The molecule has 1 N–H and O–H groups in total. The number of likely N-dealkylation sites (N-methyl/N-ethyl adjacent to an activating group) is 2. The number of amides is 1. The molecule has 0 radical (unpaired) electrons. The topological polar surface area (TPSA) is 48.5 Å². The summed E-state index contributed by atoms with van der Waals surface area (Å²) < 4.78 is 0. The molecule has 1 amide bonds. The van der Waals surface area contributed by atoms with Crippen LogP contribution >= 0.6 is 0 Å². The summed E-state index contributed by atoms with van der Waals surface area (Å²) in [5.74, 6) is 0.105. The number of aromatic nitrogens is 1. The lowest BCUT2D eigenvalue weighted by molar-refractivity contribution is -0.128. The molecule has 1 heterocycles. The molecule has 0 saturated heterocycles. The first-order valence-corrected chi connectivity index (χ1v) is 7.78. The van der Waals surface area contributed by atoms with Crippen molar-refractivity contribution in [1.29, 1.82) is 0 Å². The number of nitrogens with one attached hydrogen (secondary N) is 1. The molecule has 2 rings (SSSR count). The Morgan fingerprint density at radius 2 is 1.96 bits per heavy atom. The molecular weight excluding hydrogens is 288 g/mol. The molecule has 5 heteroatoms. The molecular formula is C18H24N4O. The highest BCUT2D eigenvalue weighted by atomic mass is 16.2. The fraction of sp³-hybridized carbons (Fsp3) is 0.333. The molecule has 23 heavy (non-hydrogen) atoms. The second kappa shape index (κ2) is 8.90. The highest BCUT2D eigenvalue weighted by Crippen LogP contribution is 2.16. The summed E-state index contributed by atoms with van der Waals surface area (Å²) in [6.07, 6.45) is 3.60. The van der Waals surface area contributed by atoms with Crippen molar-refractivity contribution >= 4 is 11.6 Å². The summed E-state index contributed by atoms with van der Waals surface area (Å²) in [4.78, 5) is 20.5. The number of para-hydroxylation sites is 1. The van der Waals surface area contributed by atoms with Gasteiger partial charge in [-0.2, -0.15) is 0 Å². The molecule has 0 fully saturated rings.